The van der Waals surface area contributed by atoms with E-state index in [1.54, 1.807) is 0 Å². The average Bonchev–Trinajstić information content (AvgIpc) is 3.27. The molecule has 4 heteroatoms. The van der Waals surface area contributed by atoms with Gasteiger partial charge in [-0.3, -0.25) is 0 Å². The summed E-state index contributed by atoms with van der Waals surface area (Å²) in [7, 11) is -1.69. The minimum Gasteiger partial charge on any atom is -0.118 e. The number of benzene rings is 10. The number of fused-ring (bicyclic) bond motifs is 4. The molecular weight excluding hydrogens is 1090 g/mol. The molecule has 10 rings (SSSR count). The molecule has 284 valence electrons. The largest absolute Gasteiger partial charge is 1.00 e. The fourth-order valence-electron chi connectivity index (χ4n) is 7.05. The molecule has 0 aliphatic heterocycles. The summed E-state index contributed by atoms with van der Waals surface area (Å²) in [4.78, 5) is 0. The smallest absolute Gasteiger partial charge is 0.118 e. The molecule has 0 unspecified atom stereocenters. The summed E-state index contributed by atoms with van der Waals surface area (Å²) in [5.41, 5.74) is 0. The van der Waals surface area contributed by atoms with Crippen molar-refractivity contribution in [3.05, 3.63) is 243 Å². The molecule has 0 nitrogen and oxygen atoms in total. The van der Waals surface area contributed by atoms with Crippen LogP contribution >= 0.6 is 15.8 Å². The first-order valence-corrected chi connectivity index (χ1v) is 22.2. The van der Waals surface area contributed by atoms with Crippen LogP contribution in [0.1, 0.15) is 0 Å². The Hall–Kier alpha value is -4.42. The van der Waals surface area contributed by atoms with Crippen LogP contribution in [0.5, 0.6) is 0 Å². The summed E-state index contributed by atoms with van der Waals surface area (Å²) in [5.74, 6) is 1.25. The SMILES string of the molecule is [Au+].[Au+].[c-]1c2ccccc2cc2ccccc12.[c-]1c2ccccc2cc2ccccc12.c1ccc([PH+](C[PH+](c2ccccc2)c2ccccc2)c2ccccc2)cc1. The van der Waals surface area contributed by atoms with Crippen molar-refractivity contribution in [1.29, 1.82) is 0 Å². The van der Waals surface area contributed by atoms with Crippen molar-refractivity contribution in [2.75, 3.05) is 5.90 Å². The standard InChI is InChI=1S/C25H22P2.2C14H9.2Au/c1-5-13-22(14-6-1)26(23-15-7-2-8-16-23)21-27(24-17-9-3-10-18-24)25-19-11-4-12-20-25;2*1-2-6-12-10-14-8-4-3-7-13(14)9-11(12)5-1;;/h1-20H,21H2;2*1-9H;;/q;2*-1;2*+1/p+2. The molecular formula is C53H42Au2P2+2. The molecule has 0 saturated carbocycles. The van der Waals surface area contributed by atoms with Crippen molar-refractivity contribution in [2.45, 2.75) is 0 Å². The summed E-state index contributed by atoms with van der Waals surface area (Å²) in [5, 5.41) is 15.8. The Morgan fingerprint density at radius 2 is 0.474 bits per heavy atom. The van der Waals surface area contributed by atoms with Crippen LogP contribution in [-0.4, -0.2) is 5.90 Å². The van der Waals surface area contributed by atoms with Gasteiger partial charge < -0.3 is 0 Å². The molecule has 0 aromatic heterocycles. The first kappa shape index (κ1) is 42.2. The van der Waals surface area contributed by atoms with E-state index in [0.29, 0.717) is 0 Å². The van der Waals surface area contributed by atoms with Crippen LogP contribution in [0.2, 0.25) is 0 Å². The molecule has 0 saturated heterocycles. The topological polar surface area (TPSA) is 0 Å². The molecule has 0 aliphatic carbocycles. The van der Waals surface area contributed by atoms with Crippen molar-refractivity contribution in [3.63, 3.8) is 0 Å². The third-order valence-corrected chi connectivity index (χ3v) is 16.8. The van der Waals surface area contributed by atoms with Crippen LogP contribution in [-0.2, 0) is 44.8 Å². The van der Waals surface area contributed by atoms with Gasteiger partial charge in [-0.2, -0.15) is 0 Å². The van der Waals surface area contributed by atoms with Crippen LogP contribution in [0.25, 0.3) is 43.1 Å². The Bertz CT molecular complexity index is 2260. The van der Waals surface area contributed by atoms with Crippen LogP contribution in [0.15, 0.2) is 231 Å². The normalized spacial score (nSPS) is 10.6. The van der Waals surface area contributed by atoms with Gasteiger partial charge in [-0.25, -0.2) is 0 Å². The van der Waals surface area contributed by atoms with Gasteiger partial charge in [-0.1, -0.05) is 167 Å². The minimum absolute atomic E-state index is 0. The second-order valence-electron chi connectivity index (χ2n) is 13.5. The molecule has 0 atom stereocenters. The van der Waals surface area contributed by atoms with Gasteiger partial charge in [0, 0.05) is 0 Å². The van der Waals surface area contributed by atoms with E-state index in [9.17, 15) is 0 Å². The van der Waals surface area contributed by atoms with Gasteiger partial charge in [-0.05, 0) is 48.5 Å². The second-order valence-corrected chi connectivity index (χ2v) is 19.1. The maximum absolute atomic E-state index is 3.41. The van der Waals surface area contributed by atoms with E-state index in [1.807, 2.05) is 24.3 Å². The summed E-state index contributed by atoms with van der Waals surface area (Å²) in [6.45, 7) is 0. The molecule has 57 heavy (non-hydrogen) atoms. The quantitative estimate of drug-likeness (QED) is 0.0674. The predicted octanol–water partition coefficient (Wildman–Crippen LogP) is 12.3. The molecule has 0 radical (unpaired) electrons. The first-order chi connectivity index (χ1) is 27.3. The van der Waals surface area contributed by atoms with E-state index in [1.165, 1.54) is 70.2 Å². The average molecular weight is 1130 g/mol. The fraction of sp³-hybridized carbons (Fsp3) is 0.0189. The Labute approximate surface area is 370 Å². The number of hydrogen-bond acceptors (Lipinski definition) is 0. The maximum Gasteiger partial charge on any atom is 1.00 e. The zero-order chi connectivity index (χ0) is 37.1. The van der Waals surface area contributed by atoms with Crippen LogP contribution in [0, 0.1) is 12.1 Å². The second kappa shape index (κ2) is 21.4. The van der Waals surface area contributed by atoms with Gasteiger partial charge in [0.05, 0.1) is 0 Å². The van der Waals surface area contributed by atoms with Crippen molar-refractivity contribution >= 4 is 80.2 Å². The zero-order valence-corrected chi connectivity index (χ0v) is 37.6. The van der Waals surface area contributed by atoms with E-state index in [0.717, 1.165) is 0 Å². The van der Waals surface area contributed by atoms with Crippen molar-refractivity contribution in [1.82, 2.24) is 0 Å². The van der Waals surface area contributed by atoms with Gasteiger partial charge in [0.1, 0.15) is 37.1 Å². The maximum atomic E-state index is 3.41. The molecule has 0 spiro atoms. The number of hydrogen-bond donors (Lipinski definition) is 0. The molecule has 0 aliphatic rings. The summed E-state index contributed by atoms with van der Waals surface area (Å²) in [6, 6.07) is 89.0. The van der Waals surface area contributed by atoms with E-state index >= 15 is 0 Å². The van der Waals surface area contributed by atoms with Gasteiger partial charge in [0.15, 0.2) is 5.90 Å². The van der Waals surface area contributed by atoms with E-state index in [-0.39, 0.29) is 44.8 Å². The van der Waals surface area contributed by atoms with Gasteiger partial charge in [0.2, 0.25) is 0 Å². The Morgan fingerprint density at radius 3 is 0.719 bits per heavy atom. The van der Waals surface area contributed by atoms with E-state index < -0.39 is 15.8 Å². The molecule has 0 fully saturated rings. The Kier molecular flexibility index (Phi) is 15.8. The van der Waals surface area contributed by atoms with E-state index in [2.05, 4.69) is 218 Å². The first-order valence-electron chi connectivity index (χ1n) is 18.8. The third-order valence-electron chi connectivity index (χ3n) is 9.85. The zero-order valence-electron chi connectivity index (χ0n) is 31.2. The van der Waals surface area contributed by atoms with E-state index in [4.69, 9.17) is 0 Å². The van der Waals surface area contributed by atoms with Crippen molar-refractivity contribution < 1.29 is 44.8 Å². The monoisotopic (exact) mass is 1130 g/mol. The van der Waals surface area contributed by atoms with Crippen molar-refractivity contribution in [2.24, 2.45) is 0 Å². The Morgan fingerprint density at radius 1 is 0.263 bits per heavy atom. The third kappa shape index (κ3) is 11.0. The summed E-state index contributed by atoms with van der Waals surface area (Å²) >= 11 is 0. The summed E-state index contributed by atoms with van der Waals surface area (Å²) < 4.78 is 0. The van der Waals surface area contributed by atoms with Crippen molar-refractivity contribution in [3.8, 4) is 0 Å². The Balaban J connectivity index is 0.000000154. The van der Waals surface area contributed by atoms with Gasteiger partial charge in [-0.15, -0.1) is 70.1 Å². The molecule has 0 bridgehead atoms. The molecule has 0 heterocycles. The van der Waals surface area contributed by atoms with Crippen LogP contribution in [0.3, 0.4) is 0 Å². The molecule has 0 N–H and O–H groups in total. The molecule has 10 aromatic carbocycles. The van der Waals surface area contributed by atoms with Gasteiger partial charge >= 0.3 is 44.8 Å². The summed E-state index contributed by atoms with van der Waals surface area (Å²) in [6.07, 6.45) is 0. The number of rotatable bonds is 6. The molecule has 10 aromatic rings. The van der Waals surface area contributed by atoms with Crippen LogP contribution < -0.4 is 21.2 Å². The fourth-order valence-corrected chi connectivity index (χ4v) is 14.8. The molecule has 0 amide bonds. The minimum atomic E-state index is -0.847. The van der Waals surface area contributed by atoms with Gasteiger partial charge in [0.25, 0.3) is 0 Å². The van der Waals surface area contributed by atoms with Crippen LogP contribution in [0.4, 0.5) is 0 Å². The predicted molar refractivity (Wildman–Crippen MR) is 246 cm³/mol.